The number of nitrogens with zero attached hydrogens (tertiary/aromatic N) is 1. The van der Waals surface area contributed by atoms with Crippen molar-refractivity contribution in [2.45, 2.75) is 46.6 Å². The summed E-state index contributed by atoms with van der Waals surface area (Å²) in [6.07, 6.45) is 3.78. The number of carboxylic acids is 1. The van der Waals surface area contributed by atoms with Crippen molar-refractivity contribution >= 4 is 5.97 Å². The van der Waals surface area contributed by atoms with Gasteiger partial charge in [-0.15, -0.1) is 0 Å². The number of hydrogen-bond acceptors (Lipinski definition) is 5. The summed E-state index contributed by atoms with van der Waals surface area (Å²) < 4.78 is 10.6. The molecule has 0 aliphatic carbocycles. The molecule has 3 N–H and O–H groups in total. The van der Waals surface area contributed by atoms with Crippen molar-refractivity contribution in [2.24, 2.45) is 11.1 Å². The molecule has 0 unspecified atom stereocenters. The van der Waals surface area contributed by atoms with E-state index in [-0.39, 0.29) is 5.41 Å². The summed E-state index contributed by atoms with van der Waals surface area (Å²) in [7, 11) is 0. The minimum absolute atomic E-state index is 0.273. The zero-order valence-electron chi connectivity index (χ0n) is 13.6. The van der Waals surface area contributed by atoms with Crippen molar-refractivity contribution in [1.29, 1.82) is 0 Å². The predicted octanol–water partition coefficient (Wildman–Crippen LogP) is 2.60. The standard InChI is InChI=1S/C8H10N2O2.C8H16O2/c9-4-6-3-7-8(10-5-6)12-2-1-11-7;1-8(2,3)6-4-5-7(9)10/h3,5H,1-2,4,9H2;4-6H2,1-3H3,(H,9,10). The topological polar surface area (TPSA) is 94.7 Å². The van der Waals surface area contributed by atoms with Crippen molar-refractivity contribution in [1.82, 2.24) is 4.98 Å². The number of rotatable bonds is 4. The summed E-state index contributed by atoms with van der Waals surface area (Å²) in [5.41, 5.74) is 6.68. The molecule has 0 fully saturated rings. The molecule has 0 saturated heterocycles. The van der Waals surface area contributed by atoms with Gasteiger partial charge in [-0.05, 0) is 29.9 Å². The Morgan fingerprint density at radius 1 is 1.36 bits per heavy atom. The number of aromatic nitrogens is 1. The first-order chi connectivity index (χ1) is 10.3. The Balaban J connectivity index is 0.000000225. The van der Waals surface area contributed by atoms with Crippen LogP contribution in [0.5, 0.6) is 11.6 Å². The Morgan fingerprint density at radius 2 is 2.05 bits per heavy atom. The van der Waals surface area contributed by atoms with E-state index in [4.69, 9.17) is 20.3 Å². The summed E-state index contributed by atoms with van der Waals surface area (Å²) in [4.78, 5) is 14.1. The van der Waals surface area contributed by atoms with Gasteiger partial charge in [0.05, 0.1) is 0 Å². The molecular formula is C16H26N2O4. The molecule has 1 aromatic rings. The lowest BCUT2D eigenvalue weighted by molar-refractivity contribution is -0.137. The second kappa shape index (κ2) is 8.58. The molecule has 2 rings (SSSR count). The predicted molar refractivity (Wildman–Crippen MR) is 84.1 cm³/mol. The zero-order chi connectivity index (χ0) is 16.6. The first-order valence-electron chi connectivity index (χ1n) is 7.48. The third kappa shape index (κ3) is 7.26. The third-order valence-electron chi connectivity index (χ3n) is 3.01. The molecule has 6 heteroatoms. The molecule has 22 heavy (non-hydrogen) atoms. The monoisotopic (exact) mass is 310 g/mol. The lowest BCUT2D eigenvalue weighted by Crippen LogP contribution is -2.16. The summed E-state index contributed by atoms with van der Waals surface area (Å²) >= 11 is 0. The highest BCUT2D eigenvalue weighted by molar-refractivity contribution is 5.66. The molecule has 6 nitrogen and oxygen atoms in total. The van der Waals surface area contributed by atoms with Gasteiger partial charge in [-0.25, -0.2) is 4.98 Å². The quantitative estimate of drug-likeness (QED) is 0.887. The highest BCUT2D eigenvalue weighted by atomic mass is 16.6. The van der Waals surface area contributed by atoms with Gasteiger partial charge in [0.25, 0.3) is 5.88 Å². The Kier molecular flexibility index (Phi) is 7.11. The second-order valence-corrected chi connectivity index (χ2v) is 6.36. The SMILES string of the molecule is CC(C)(C)CCCC(=O)O.NCc1cnc2c(c1)OCCO2. The number of carbonyl (C=O) groups is 1. The van der Waals surface area contributed by atoms with Crippen molar-refractivity contribution in [3.63, 3.8) is 0 Å². The lowest BCUT2D eigenvalue weighted by Gasteiger charge is -2.17. The number of hydrogen-bond donors (Lipinski definition) is 2. The largest absolute Gasteiger partial charge is 0.484 e. The Morgan fingerprint density at radius 3 is 2.64 bits per heavy atom. The molecule has 0 radical (unpaired) electrons. The van der Waals surface area contributed by atoms with Crippen molar-refractivity contribution in [3.8, 4) is 11.6 Å². The van der Waals surface area contributed by atoms with E-state index in [0.717, 1.165) is 18.4 Å². The third-order valence-corrected chi connectivity index (χ3v) is 3.01. The summed E-state index contributed by atoms with van der Waals surface area (Å²) in [5, 5.41) is 8.31. The molecular weight excluding hydrogens is 284 g/mol. The fourth-order valence-corrected chi connectivity index (χ4v) is 1.86. The van der Waals surface area contributed by atoms with Gasteiger partial charge in [-0.1, -0.05) is 20.8 Å². The number of aliphatic carboxylic acids is 1. The van der Waals surface area contributed by atoms with Crippen LogP contribution in [0.2, 0.25) is 0 Å². The van der Waals surface area contributed by atoms with E-state index in [2.05, 4.69) is 25.8 Å². The van der Waals surface area contributed by atoms with Gasteiger partial charge in [0.15, 0.2) is 5.75 Å². The maximum atomic E-state index is 10.1. The molecule has 0 bridgehead atoms. The van der Waals surface area contributed by atoms with Gasteiger partial charge >= 0.3 is 5.97 Å². The number of carboxylic acid groups (broad SMARTS) is 1. The van der Waals surface area contributed by atoms with Crippen LogP contribution >= 0.6 is 0 Å². The Labute approximate surface area is 131 Å². The van der Waals surface area contributed by atoms with Crippen molar-refractivity contribution < 1.29 is 19.4 Å². The lowest BCUT2D eigenvalue weighted by atomic mass is 9.90. The molecule has 1 aromatic heterocycles. The van der Waals surface area contributed by atoms with Crippen LogP contribution in [0.3, 0.4) is 0 Å². The van der Waals surface area contributed by atoms with Crippen LogP contribution in [0.15, 0.2) is 12.3 Å². The van der Waals surface area contributed by atoms with E-state index in [1.807, 2.05) is 6.07 Å². The van der Waals surface area contributed by atoms with Gasteiger partial charge in [0.1, 0.15) is 13.2 Å². The zero-order valence-corrected chi connectivity index (χ0v) is 13.6. The fourth-order valence-electron chi connectivity index (χ4n) is 1.86. The van der Waals surface area contributed by atoms with Crippen LogP contribution in [0.25, 0.3) is 0 Å². The highest BCUT2D eigenvalue weighted by Crippen LogP contribution is 2.27. The van der Waals surface area contributed by atoms with E-state index in [0.29, 0.717) is 37.8 Å². The molecule has 1 aliphatic rings. The van der Waals surface area contributed by atoms with E-state index in [9.17, 15) is 4.79 Å². The van der Waals surface area contributed by atoms with Gasteiger partial charge in [0.2, 0.25) is 0 Å². The molecule has 0 aromatic carbocycles. The van der Waals surface area contributed by atoms with E-state index in [1.165, 1.54) is 0 Å². The van der Waals surface area contributed by atoms with Gasteiger partial charge in [0, 0.05) is 19.2 Å². The molecule has 1 aliphatic heterocycles. The number of ether oxygens (including phenoxy) is 2. The summed E-state index contributed by atoms with van der Waals surface area (Å²) in [5.74, 6) is 0.576. The van der Waals surface area contributed by atoms with Crippen LogP contribution in [0, 0.1) is 5.41 Å². The Hall–Kier alpha value is -1.82. The van der Waals surface area contributed by atoms with Gasteiger partial charge < -0.3 is 20.3 Å². The van der Waals surface area contributed by atoms with Crippen LogP contribution in [0.1, 0.15) is 45.6 Å². The number of pyridine rings is 1. The number of nitrogens with two attached hydrogens (primary N) is 1. The summed E-state index contributed by atoms with van der Waals surface area (Å²) in [6, 6.07) is 1.86. The average Bonchev–Trinajstić information content (AvgIpc) is 2.45. The maximum absolute atomic E-state index is 10.1. The minimum atomic E-state index is -0.691. The minimum Gasteiger partial charge on any atom is -0.484 e. The van der Waals surface area contributed by atoms with Crippen LogP contribution < -0.4 is 15.2 Å². The molecule has 2 heterocycles. The second-order valence-electron chi connectivity index (χ2n) is 6.36. The first kappa shape index (κ1) is 18.2. The normalized spacial score (nSPS) is 13.1. The smallest absolute Gasteiger partial charge is 0.303 e. The number of fused-ring (bicyclic) bond motifs is 1. The Bertz CT molecular complexity index is 484. The summed E-state index contributed by atoms with van der Waals surface area (Å²) in [6.45, 7) is 7.99. The molecule has 0 amide bonds. The first-order valence-corrected chi connectivity index (χ1v) is 7.48. The fraction of sp³-hybridized carbons (Fsp3) is 0.625. The average molecular weight is 310 g/mol. The molecule has 0 saturated carbocycles. The van der Waals surface area contributed by atoms with E-state index < -0.39 is 5.97 Å². The van der Waals surface area contributed by atoms with Gasteiger partial charge in [-0.3, -0.25) is 4.79 Å². The highest BCUT2D eigenvalue weighted by Gasteiger charge is 2.12. The van der Waals surface area contributed by atoms with E-state index >= 15 is 0 Å². The van der Waals surface area contributed by atoms with Crippen molar-refractivity contribution in [3.05, 3.63) is 17.8 Å². The van der Waals surface area contributed by atoms with Crippen LogP contribution in [-0.4, -0.2) is 29.3 Å². The van der Waals surface area contributed by atoms with Crippen LogP contribution in [-0.2, 0) is 11.3 Å². The molecule has 0 spiro atoms. The van der Waals surface area contributed by atoms with Crippen molar-refractivity contribution in [2.75, 3.05) is 13.2 Å². The van der Waals surface area contributed by atoms with Crippen LogP contribution in [0.4, 0.5) is 0 Å². The maximum Gasteiger partial charge on any atom is 0.303 e. The molecule has 0 atom stereocenters. The van der Waals surface area contributed by atoms with Gasteiger partial charge in [-0.2, -0.15) is 0 Å². The van der Waals surface area contributed by atoms with E-state index in [1.54, 1.807) is 6.20 Å². The molecule has 124 valence electrons.